The predicted molar refractivity (Wildman–Crippen MR) is 76.7 cm³/mol. The molecule has 1 aliphatic rings. The lowest BCUT2D eigenvalue weighted by Crippen LogP contribution is -2.40. The zero-order valence-corrected chi connectivity index (χ0v) is 11.7. The van der Waals surface area contributed by atoms with Gasteiger partial charge in [-0.05, 0) is 25.0 Å². The highest BCUT2D eigenvalue weighted by Gasteiger charge is 2.31. The molecular weight excluding hydrogens is 256 g/mol. The predicted octanol–water partition coefficient (Wildman–Crippen LogP) is 1.59. The number of para-hydroxylation sites is 1. The van der Waals surface area contributed by atoms with Gasteiger partial charge in [-0.3, -0.25) is 14.5 Å². The highest BCUT2D eigenvalue weighted by Crippen LogP contribution is 2.27. The van der Waals surface area contributed by atoms with Gasteiger partial charge in [-0.1, -0.05) is 18.2 Å². The number of hydrogen-bond donors (Lipinski definition) is 1. The third kappa shape index (κ3) is 4.06. The molecule has 0 bridgehead atoms. The van der Waals surface area contributed by atoms with E-state index in [1.165, 1.54) is 0 Å². The van der Waals surface area contributed by atoms with Gasteiger partial charge in [0.05, 0.1) is 13.0 Å². The molecule has 108 valence electrons. The van der Waals surface area contributed by atoms with E-state index < -0.39 is 5.97 Å². The molecule has 5 heteroatoms. The van der Waals surface area contributed by atoms with Crippen molar-refractivity contribution in [2.75, 3.05) is 25.0 Å². The zero-order chi connectivity index (χ0) is 14.5. The van der Waals surface area contributed by atoms with E-state index in [0.29, 0.717) is 12.6 Å². The lowest BCUT2D eigenvalue weighted by atomic mass is 10.3. The summed E-state index contributed by atoms with van der Waals surface area (Å²) in [7, 11) is 1.75. The Morgan fingerprint density at radius 2 is 1.90 bits per heavy atom. The fraction of sp³-hybridized carbons (Fsp3) is 0.467. The average Bonchev–Trinajstić information content (AvgIpc) is 3.27. The second-order valence-electron chi connectivity index (χ2n) is 5.13. The molecule has 1 aromatic carbocycles. The number of carbonyl (C=O) groups is 2. The summed E-state index contributed by atoms with van der Waals surface area (Å²) in [5, 5.41) is 8.76. The molecule has 0 atom stereocenters. The van der Waals surface area contributed by atoms with Gasteiger partial charge in [0, 0.05) is 25.3 Å². The molecule has 0 heterocycles. The van der Waals surface area contributed by atoms with Crippen molar-refractivity contribution in [2.24, 2.45) is 0 Å². The smallest absolute Gasteiger partial charge is 0.304 e. The fourth-order valence-corrected chi connectivity index (χ4v) is 2.15. The molecule has 0 unspecified atom stereocenters. The molecule has 1 saturated carbocycles. The Labute approximate surface area is 118 Å². The van der Waals surface area contributed by atoms with Gasteiger partial charge in [-0.15, -0.1) is 0 Å². The van der Waals surface area contributed by atoms with Crippen molar-refractivity contribution in [1.29, 1.82) is 0 Å². The highest BCUT2D eigenvalue weighted by atomic mass is 16.4. The molecule has 1 fully saturated rings. The maximum atomic E-state index is 12.3. The topological polar surface area (TPSA) is 60.9 Å². The van der Waals surface area contributed by atoms with Crippen molar-refractivity contribution in [2.45, 2.75) is 25.3 Å². The number of anilines is 1. The van der Waals surface area contributed by atoms with E-state index in [9.17, 15) is 9.59 Å². The molecule has 1 N–H and O–H groups in total. The number of carbonyl (C=O) groups excluding carboxylic acids is 1. The van der Waals surface area contributed by atoms with Crippen molar-refractivity contribution in [3.8, 4) is 0 Å². The Kier molecular flexibility index (Phi) is 4.74. The molecule has 0 aromatic heterocycles. The number of likely N-dealkylation sites (N-methyl/N-ethyl adjacent to an activating group) is 1. The van der Waals surface area contributed by atoms with Gasteiger partial charge < -0.3 is 10.0 Å². The van der Waals surface area contributed by atoms with Crippen LogP contribution in [0.3, 0.4) is 0 Å². The van der Waals surface area contributed by atoms with E-state index in [4.69, 9.17) is 5.11 Å². The molecule has 0 radical (unpaired) electrons. The van der Waals surface area contributed by atoms with Gasteiger partial charge in [-0.25, -0.2) is 0 Å². The monoisotopic (exact) mass is 276 g/mol. The largest absolute Gasteiger partial charge is 0.481 e. The van der Waals surface area contributed by atoms with Crippen LogP contribution in [0.1, 0.15) is 19.3 Å². The van der Waals surface area contributed by atoms with Crippen LogP contribution in [0.15, 0.2) is 30.3 Å². The van der Waals surface area contributed by atoms with Gasteiger partial charge >= 0.3 is 5.97 Å². The van der Waals surface area contributed by atoms with E-state index in [1.54, 1.807) is 11.9 Å². The molecule has 20 heavy (non-hydrogen) atoms. The average molecular weight is 276 g/mol. The summed E-state index contributed by atoms with van der Waals surface area (Å²) in [5.41, 5.74) is 0.853. The summed E-state index contributed by atoms with van der Waals surface area (Å²) in [6.07, 6.45) is 2.20. The van der Waals surface area contributed by atoms with E-state index in [1.807, 2.05) is 35.2 Å². The second kappa shape index (κ2) is 6.52. The summed E-state index contributed by atoms with van der Waals surface area (Å²) in [6, 6.07) is 9.84. The molecule has 0 spiro atoms. The number of carboxylic acids is 1. The van der Waals surface area contributed by atoms with E-state index in [0.717, 1.165) is 18.5 Å². The number of benzene rings is 1. The van der Waals surface area contributed by atoms with Crippen LogP contribution >= 0.6 is 0 Å². The molecule has 1 aromatic rings. The second-order valence-corrected chi connectivity index (χ2v) is 5.13. The normalized spacial score (nSPS) is 14.3. The zero-order valence-electron chi connectivity index (χ0n) is 11.7. The first-order valence-electron chi connectivity index (χ1n) is 6.85. The Balaban J connectivity index is 1.92. The van der Waals surface area contributed by atoms with Crippen molar-refractivity contribution in [3.63, 3.8) is 0 Å². The SMILES string of the molecule is CN(C(=O)CN(CCC(=O)O)C1CC1)c1ccccc1. The van der Waals surface area contributed by atoms with Gasteiger partial charge in [-0.2, -0.15) is 0 Å². The lowest BCUT2D eigenvalue weighted by Gasteiger charge is -2.24. The van der Waals surface area contributed by atoms with Crippen molar-refractivity contribution < 1.29 is 14.7 Å². The maximum absolute atomic E-state index is 12.3. The first kappa shape index (κ1) is 14.5. The first-order valence-corrected chi connectivity index (χ1v) is 6.85. The molecule has 2 rings (SSSR count). The van der Waals surface area contributed by atoms with Crippen LogP contribution in [0.2, 0.25) is 0 Å². The maximum Gasteiger partial charge on any atom is 0.304 e. The van der Waals surface area contributed by atoms with Crippen LogP contribution in [0.4, 0.5) is 5.69 Å². The third-order valence-corrected chi connectivity index (χ3v) is 3.53. The Morgan fingerprint density at radius 3 is 2.45 bits per heavy atom. The van der Waals surface area contributed by atoms with Gasteiger partial charge in [0.15, 0.2) is 0 Å². The number of carboxylic acid groups (broad SMARTS) is 1. The minimum atomic E-state index is -0.820. The van der Waals surface area contributed by atoms with Crippen LogP contribution in [0, 0.1) is 0 Å². The summed E-state index contributed by atoms with van der Waals surface area (Å²) >= 11 is 0. The third-order valence-electron chi connectivity index (χ3n) is 3.53. The quantitative estimate of drug-likeness (QED) is 0.821. The Hall–Kier alpha value is -1.88. The van der Waals surface area contributed by atoms with Crippen molar-refractivity contribution in [3.05, 3.63) is 30.3 Å². The van der Waals surface area contributed by atoms with Gasteiger partial charge in [0.1, 0.15) is 0 Å². The first-order chi connectivity index (χ1) is 9.58. The number of aliphatic carboxylic acids is 1. The van der Waals surface area contributed by atoms with Crippen LogP contribution in [-0.2, 0) is 9.59 Å². The minimum absolute atomic E-state index is 0.00603. The highest BCUT2D eigenvalue weighted by molar-refractivity contribution is 5.94. The van der Waals surface area contributed by atoms with Crippen LogP contribution in [-0.4, -0.2) is 48.1 Å². The fourth-order valence-electron chi connectivity index (χ4n) is 2.15. The van der Waals surface area contributed by atoms with Crippen LogP contribution in [0.5, 0.6) is 0 Å². The minimum Gasteiger partial charge on any atom is -0.481 e. The van der Waals surface area contributed by atoms with Gasteiger partial charge in [0.2, 0.25) is 5.91 Å². The Morgan fingerprint density at radius 1 is 1.25 bits per heavy atom. The van der Waals surface area contributed by atoms with Crippen molar-refractivity contribution >= 4 is 17.6 Å². The summed E-state index contributed by atoms with van der Waals surface area (Å²) in [5.74, 6) is -0.826. The number of nitrogens with zero attached hydrogens (tertiary/aromatic N) is 2. The number of rotatable bonds is 7. The van der Waals surface area contributed by atoms with E-state index in [-0.39, 0.29) is 18.9 Å². The van der Waals surface area contributed by atoms with Crippen LogP contribution in [0.25, 0.3) is 0 Å². The number of hydrogen-bond acceptors (Lipinski definition) is 3. The summed E-state index contributed by atoms with van der Waals surface area (Å²) in [6.45, 7) is 0.720. The lowest BCUT2D eigenvalue weighted by molar-refractivity contribution is -0.137. The molecule has 0 saturated heterocycles. The molecule has 1 amide bonds. The van der Waals surface area contributed by atoms with E-state index >= 15 is 0 Å². The number of amides is 1. The molecule has 1 aliphatic carbocycles. The Bertz CT molecular complexity index is 471. The summed E-state index contributed by atoms with van der Waals surface area (Å²) < 4.78 is 0. The van der Waals surface area contributed by atoms with Gasteiger partial charge in [0.25, 0.3) is 0 Å². The standard InChI is InChI=1S/C15H20N2O3/c1-16(12-5-3-2-4-6-12)14(18)11-17(13-7-8-13)10-9-15(19)20/h2-6,13H,7-11H2,1H3,(H,19,20). The molecule has 0 aliphatic heterocycles. The molecular formula is C15H20N2O3. The van der Waals surface area contributed by atoms with E-state index in [2.05, 4.69) is 0 Å². The van der Waals surface area contributed by atoms with Crippen molar-refractivity contribution in [1.82, 2.24) is 4.90 Å². The summed E-state index contributed by atoms with van der Waals surface area (Å²) in [4.78, 5) is 26.5. The molecule has 5 nitrogen and oxygen atoms in total. The van der Waals surface area contributed by atoms with Crippen LogP contribution < -0.4 is 4.90 Å².